The van der Waals surface area contributed by atoms with Crippen LogP contribution in [-0.4, -0.2) is 52.3 Å². The summed E-state index contributed by atoms with van der Waals surface area (Å²) in [4.78, 5) is 55.1. The minimum Gasteiger partial charge on any atom is -0.491 e. The summed E-state index contributed by atoms with van der Waals surface area (Å²) in [5, 5.41) is 0. The molecule has 0 amide bonds. The topological polar surface area (TPSA) is 105 Å². The van der Waals surface area contributed by atoms with Gasteiger partial charge in [0.05, 0.1) is 28.4 Å². The Hall–Kier alpha value is -1.72. The van der Waals surface area contributed by atoms with Crippen LogP contribution in [0.5, 0.6) is 0 Å². The Morgan fingerprint density at radius 1 is 0.568 bits per heavy atom. The number of esters is 4. The summed E-state index contributed by atoms with van der Waals surface area (Å²) in [7, 11) is 5.09. The SMILES string of the molecule is COC(=O)[C-]1[C@](C(=O)OC)([C@@]2(C(=O)OC)[C-](C(=O)OC)[C@@]2(C)C2CCCCC2)[C@]1(C)C1CCCCC1.[Pd+2]. The fourth-order valence-electron chi connectivity index (χ4n) is 8.81. The molecule has 4 saturated carbocycles. The van der Waals surface area contributed by atoms with Crippen LogP contribution in [0.15, 0.2) is 0 Å². The van der Waals surface area contributed by atoms with Gasteiger partial charge in [0.2, 0.25) is 0 Å². The van der Waals surface area contributed by atoms with Gasteiger partial charge in [0.15, 0.2) is 11.9 Å². The van der Waals surface area contributed by atoms with E-state index in [2.05, 4.69) is 0 Å². The molecule has 0 aromatic heterocycles. The fourth-order valence-corrected chi connectivity index (χ4v) is 8.81. The van der Waals surface area contributed by atoms with Gasteiger partial charge < -0.3 is 18.9 Å². The molecule has 0 saturated heterocycles. The van der Waals surface area contributed by atoms with Crippen LogP contribution >= 0.6 is 0 Å². The average Bonchev–Trinajstić information content (AvgIpc) is 3.73. The van der Waals surface area contributed by atoms with Gasteiger partial charge in [0, 0.05) is 0 Å². The molecule has 4 atom stereocenters. The predicted octanol–water partition coefficient (Wildman–Crippen LogP) is 4.00. The third kappa shape index (κ3) is 3.48. The number of hydrogen-bond donors (Lipinski definition) is 0. The molecule has 4 rings (SSSR count). The van der Waals surface area contributed by atoms with E-state index in [1.165, 1.54) is 28.4 Å². The minimum atomic E-state index is -1.70. The summed E-state index contributed by atoms with van der Waals surface area (Å²) in [6, 6.07) is 0. The van der Waals surface area contributed by atoms with E-state index in [4.69, 9.17) is 18.9 Å². The second kappa shape index (κ2) is 10.5. The molecule has 0 N–H and O–H groups in total. The number of hydrogen-bond acceptors (Lipinski definition) is 8. The van der Waals surface area contributed by atoms with Gasteiger partial charge in [-0.05, 0) is 0 Å². The van der Waals surface area contributed by atoms with E-state index in [1.54, 1.807) is 0 Å². The second-order valence-corrected chi connectivity index (χ2v) is 11.3. The van der Waals surface area contributed by atoms with Gasteiger partial charge >= 0.3 is 20.4 Å². The van der Waals surface area contributed by atoms with Crippen molar-refractivity contribution in [3.63, 3.8) is 0 Å². The first kappa shape index (κ1) is 29.8. The molecule has 0 unspecified atom stereocenters. The first-order valence-electron chi connectivity index (χ1n) is 13.2. The number of carbonyl (C=O) groups is 4. The maximum absolute atomic E-state index is 14.1. The molecular weight excluding hydrogens is 571 g/mol. The zero-order chi connectivity index (χ0) is 26.5. The zero-order valence-corrected chi connectivity index (χ0v) is 24.4. The van der Waals surface area contributed by atoms with E-state index in [0.29, 0.717) is 0 Å². The van der Waals surface area contributed by atoms with Gasteiger partial charge in [0.1, 0.15) is 0 Å². The number of rotatable bonds is 7. The van der Waals surface area contributed by atoms with Crippen molar-refractivity contribution in [2.24, 2.45) is 33.5 Å². The summed E-state index contributed by atoms with van der Waals surface area (Å²) in [5.41, 5.74) is -5.44. The Morgan fingerprint density at radius 3 is 1.11 bits per heavy atom. The van der Waals surface area contributed by atoms with Crippen LogP contribution in [0.2, 0.25) is 0 Å². The van der Waals surface area contributed by atoms with Gasteiger partial charge in [-0.15, -0.1) is 10.8 Å². The molecule has 0 spiro atoms. The van der Waals surface area contributed by atoms with Gasteiger partial charge in [0.25, 0.3) is 11.9 Å². The van der Waals surface area contributed by atoms with E-state index >= 15 is 0 Å². The molecule has 0 aliphatic heterocycles. The molecule has 9 heteroatoms. The molecule has 4 fully saturated rings. The van der Waals surface area contributed by atoms with E-state index < -0.39 is 45.5 Å². The van der Waals surface area contributed by atoms with Crippen molar-refractivity contribution in [2.45, 2.75) is 78.1 Å². The Kier molecular flexibility index (Phi) is 8.43. The van der Waals surface area contributed by atoms with Crippen LogP contribution < -0.4 is 0 Å². The number of methoxy groups -OCH3 is 4. The molecule has 0 aromatic rings. The third-order valence-electron chi connectivity index (χ3n) is 10.4. The zero-order valence-electron chi connectivity index (χ0n) is 22.8. The molecule has 210 valence electrons. The fraction of sp³-hybridized carbons (Fsp3) is 0.786. The summed E-state index contributed by atoms with van der Waals surface area (Å²) in [5.74, 6) is -2.31. The van der Waals surface area contributed by atoms with E-state index in [1.807, 2.05) is 13.8 Å². The molecule has 4 aliphatic carbocycles. The van der Waals surface area contributed by atoms with Crippen molar-refractivity contribution in [1.82, 2.24) is 0 Å². The van der Waals surface area contributed by atoms with Crippen LogP contribution in [0, 0.1) is 45.3 Å². The summed E-state index contributed by atoms with van der Waals surface area (Å²) in [6.45, 7) is 3.76. The molecule has 0 heterocycles. The van der Waals surface area contributed by atoms with Crippen molar-refractivity contribution in [3.05, 3.63) is 11.8 Å². The van der Waals surface area contributed by atoms with Crippen molar-refractivity contribution >= 4 is 23.9 Å². The molecule has 0 radical (unpaired) electrons. The summed E-state index contributed by atoms with van der Waals surface area (Å²) in [6.07, 6.45) is 9.23. The van der Waals surface area contributed by atoms with E-state index in [-0.39, 0.29) is 44.1 Å². The monoisotopic (exact) mass is 610 g/mol. The maximum atomic E-state index is 14.1. The van der Waals surface area contributed by atoms with Crippen LogP contribution in [0.25, 0.3) is 0 Å². The second-order valence-electron chi connectivity index (χ2n) is 11.3. The molecule has 0 aromatic carbocycles. The van der Waals surface area contributed by atoms with E-state index in [9.17, 15) is 19.2 Å². The smallest absolute Gasteiger partial charge is 0.491 e. The summed E-state index contributed by atoms with van der Waals surface area (Å²) >= 11 is 0. The average molecular weight is 611 g/mol. The van der Waals surface area contributed by atoms with Crippen molar-refractivity contribution in [2.75, 3.05) is 28.4 Å². The normalized spacial score (nSPS) is 35.6. The van der Waals surface area contributed by atoms with Gasteiger partial charge in [-0.1, -0.05) is 101 Å². The molecule has 4 aliphatic rings. The quantitative estimate of drug-likeness (QED) is 0.184. The largest absolute Gasteiger partial charge is 2.00 e. The first-order chi connectivity index (χ1) is 17.1. The Balaban J connectivity index is 0.00000380. The standard InChI is InChI=1S/C28H40O8.Pd/c1-25(17-13-9-7-10-14-17)19(21(29)33-3)27(25,23(31)35-5)28(24(32)36-6)20(22(30)34-4)26(28,2)18-15-11-8-12-16-18;/h17-18H,7-16H2,1-6H3;/q-2;+2/t25-,26-,27-,28-;/m1./s1. The van der Waals surface area contributed by atoms with Gasteiger partial charge in [-0.2, -0.15) is 0 Å². The number of ether oxygens (including phenoxy) is 4. The van der Waals surface area contributed by atoms with Crippen LogP contribution in [-0.2, 0) is 58.5 Å². The van der Waals surface area contributed by atoms with Crippen molar-refractivity contribution in [3.8, 4) is 0 Å². The van der Waals surface area contributed by atoms with Gasteiger partial charge in [-0.25, -0.2) is 0 Å². The van der Waals surface area contributed by atoms with Gasteiger partial charge in [-0.3, -0.25) is 31.0 Å². The Labute approximate surface area is 233 Å². The van der Waals surface area contributed by atoms with Crippen LogP contribution in [0.3, 0.4) is 0 Å². The van der Waals surface area contributed by atoms with Crippen LogP contribution in [0.4, 0.5) is 0 Å². The number of carbonyl (C=O) groups excluding carboxylic acids is 4. The van der Waals surface area contributed by atoms with E-state index in [0.717, 1.165) is 64.2 Å². The first-order valence-corrected chi connectivity index (χ1v) is 13.2. The molecule has 37 heavy (non-hydrogen) atoms. The molecule has 0 bridgehead atoms. The third-order valence-corrected chi connectivity index (χ3v) is 10.4. The van der Waals surface area contributed by atoms with Crippen molar-refractivity contribution < 1.29 is 58.5 Å². The minimum absolute atomic E-state index is 0. The maximum Gasteiger partial charge on any atom is 2.00 e. The Morgan fingerprint density at radius 2 is 0.865 bits per heavy atom. The summed E-state index contributed by atoms with van der Waals surface area (Å²) < 4.78 is 21.3. The van der Waals surface area contributed by atoms with Crippen molar-refractivity contribution in [1.29, 1.82) is 0 Å². The Bertz CT molecular complexity index is 851. The molecule has 8 nitrogen and oxygen atoms in total. The van der Waals surface area contributed by atoms with Crippen LogP contribution in [0.1, 0.15) is 78.1 Å². The predicted molar refractivity (Wildman–Crippen MR) is 129 cm³/mol. The molecular formula is C28H40O8Pd.